The van der Waals surface area contributed by atoms with Crippen LogP contribution in [-0.2, 0) is 19.6 Å². The highest BCUT2D eigenvalue weighted by molar-refractivity contribution is 9.10. The van der Waals surface area contributed by atoms with Gasteiger partial charge in [0, 0.05) is 11.0 Å². The van der Waals surface area contributed by atoms with Crippen molar-refractivity contribution in [1.29, 1.82) is 0 Å². The number of carbonyl (C=O) groups excluding carboxylic acids is 1. The van der Waals surface area contributed by atoms with Crippen LogP contribution >= 0.6 is 15.9 Å². The van der Waals surface area contributed by atoms with E-state index < -0.39 is 32.7 Å². The van der Waals surface area contributed by atoms with Gasteiger partial charge in [0.2, 0.25) is 10.0 Å². The van der Waals surface area contributed by atoms with Crippen LogP contribution in [0.1, 0.15) is 19.8 Å². The topological polar surface area (TPSA) is 63.7 Å². The van der Waals surface area contributed by atoms with Gasteiger partial charge in [0.1, 0.15) is 16.8 Å². The van der Waals surface area contributed by atoms with Crippen LogP contribution in [0.15, 0.2) is 27.6 Å². The summed E-state index contributed by atoms with van der Waals surface area (Å²) in [5.41, 5.74) is 0. The van der Waals surface area contributed by atoms with E-state index in [4.69, 9.17) is 4.74 Å². The van der Waals surface area contributed by atoms with E-state index in [1.165, 1.54) is 12.1 Å². The van der Waals surface area contributed by atoms with E-state index in [1.54, 1.807) is 6.92 Å². The molecule has 0 spiro atoms. The molecule has 0 N–H and O–H groups in total. The van der Waals surface area contributed by atoms with Crippen LogP contribution in [0.3, 0.4) is 0 Å². The second-order valence-corrected chi connectivity index (χ2v) is 7.38. The lowest BCUT2D eigenvalue weighted by atomic mass is 10.2. The number of carbonyl (C=O) groups is 1. The van der Waals surface area contributed by atoms with Crippen molar-refractivity contribution in [2.75, 3.05) is 13.2 Å². The third-order valence-corrected chi connectivity index (χ3v) is 5.68. The minimum atomic E-state index is -4.06. The van der Waals surface area contributed by atoms with Gasteiger partial charge in [0.15, 0.2) is 0 Å². The quantitative estimate of drug-likeness (QED) is 0.752. The molecule has 5 nitrogen and oxygen atoms in total. The van der Waals surface area contributed by atoms with Gasteiger partial charge in [-0.3, -0.25) is 4.79 Å². The summed E-state index contributed by atoms with van der Waals surface area (Å²) < 4.78 is 45.4. The third kappa shape index (κ3) is 3.27. The number of esters is 1. The molecule has 1 saturated heterocycles. The van der Waals surface area contributed by atoms with Crippen molar-refractivity contribution in [3.63, 3.8) is 0 Å². The molecule has 1 aromatic carbocycles. The fourth-order valence-corrected chi connectivity index (χ4v) is 4.34. The van der Waals surface area contributed by atoms with E-state index >= 15 is 0 Å². The Hall–Kier alpha value is -0.990. The summed E-state index contributed by atoms with van der Waals surface area (Å²) >= 11 is 3.08. The number of hydrogen-bond donors (Lipinski definition) is 0. The minimum absolute atomic E-state index is 0.176. The van der Waals surface area contributed by atoms with Crippen molar-refractivity contribution in [2.45, 2.75) is 30.7 Å². The lowest BCUT2D eigenvalue weighted by molar-refractivity contribution is -0.146. The van der Waals surface area contributed by atoms with Crippen molar-refractivity contribution in [2.24, 2.45) is 0 Å². The molecule has 1 unspecified atom stereocenters. The van der Waals surface area contributed by atoms with E-state index in [2.05, 4.69) is 15.9 Å². The lowest BCUT2D eigenvalue weighted by Gasteiger charge is -2.22. The van der Waals surface area contributed by atoms with Gasteiger partial charge in [0.05, 0.1) is 6.61 Å². The standard InChI is InChI=1S/C13H15BrFNO4S/c1-2-20-13(17)11-4-3-7-16(11)21(18,19)12-6-5-9(14)8-10(12)15/h5-6,8,11H,2-4,7H2,1H3. The molecule has 1 aromatic rings. The number of nitrogens with zero attached hydrogens (tertiary/aromatic N) is 1. The molecule has 0 aliphatic carbocycles. The van der Waals surface area contributed by atoms with Crippen LogP contribution in [0, 0.1) is 5.82 Å². The van der Waals surface area contributed by atoms with E-state index in [0.717, 1.165) is 10.4 Å². The number of rotatable bonds is 4. The molecule has 1 aliphatic rings. The summed E-state index contributed by atoms with van der Waals surface area (Å²) in [5, 5.41) is 0. The van der Waals surface area contributed by atoms with Gasteiger partial charge in [0.25, 0.3) is 0 Å². The Morgan fingerprint density at radius 2 is 2.24 bits per heavy atom. The molecular formula is C13H15BrFNO4S. The first-order valence-corrected chi connectivity index (χ1v) is 8.74. The number of sulfonamides is 1. The van der Waals surface area contributed by atoms with Gasteiger partial charge in [-0.2, -0.15) is 4.31 Å². The largest absolute Gasteiger partial charge is 0.465 e. The highest BCUT2D eigenvalue weighted by Gasteiger charge is 2.41. The average Bonchev–Trinajstić information content (AvgIpc) is 2.88. The molecule has 0 amide bonds. The van der Waals surface area contributed by atoms with Crippen LogP contribution in [0.5, 0.6) is 0 Å². The van der Waals surface area contributed by atoms with Gasteiger partial charge < -0.3 is 4.74 Å². The molecule has 21 heavy (non-hydrogen) atoms. The minimum Gasteiger partial charge on any atom is -0.465 e. The fourth-order valence-electron chi connectivity index (χ4n) is 2.31. The van der Waals surface area contributed by atoms with Crippen LogP contribution < -0.4 is 0 Å². The van der Waals surface area contributed by atoms with Crippen LogP contribution in [0.2, 0.25) is 0 Å². The molecule has 1 atom stereocenters. The summed E-state index contributed by atoms with van der Waals surface area (Å²) in [5.74, 6) is -1.44. The molecule has 0 bridgehead atoms. The molecule has 8 heteroatoms. The first-order chi connectivity index (χ1) is 9.87. The van der Waals surface area contributed by atoms with E-state index in [1.807, 2.05) is 0 Å². The predicted molar refractivity (Wildman–Crippen MR) is 77.6 cm³/mol. The first-order valence-electron chi connectivity index (χ1n) is 6.51. The van der Waals surface area contributed by atoms with Crippen LogP contribution in [-0.4, -0.2) is 37.9 Å². The number of ether oxygens (including phenoxy) is 1. The number of halogens is 2. The van der Waals surface area contributed by atoms with Crippen molar-refractivity contribution in [3.8, 4) is 0 Å². The van der Waals surface area contributed by atoms with Crippen LogP contribution in [0.25, 0.3) is 0 Å². The van der Waals surface area contributed by atoms with E-state index in [-0.39, 0.29) is 13.2 Å². The maximum absolute atomic E-state index is 13.9. The highest BCUT2D eigenvalue weighted by Crippen LogP contribution is 2.29. The molecule has 0 aromatic heterocycles. The van der Waals surface area contributed by atoms with Crippen LogP contribution in [0.4, 0.5) is 4.39 Å². The first kappa shape index (κ1) is 16.4. The van der Waals surface area contributed by atoms with E-state index in [9.17, 15) is 17.6 Å². The second kappa shape index (κ2) is 6.41. The van der Waals surface area contributed by atoms with Crippen molar-refractivity contribution >= 4 is 31.9 Å². The summed E-state index contributed by atoms with van der Waals surface area (Å²) in [4.78, 5) is 11.4. The molecule has 0 radical (unpaired) electrons. The smallest absolute Gasteiger partial charge is 0.324 e. The Balaban J connectivity index is 2.36. The van der Waals surface area contributed by atoms with Crippen molar-refractivity contribution in [1.82, 2.24) is 4.31 Å². The molecule has 116 valence electrons. The predicted octanol–water partition coefficient (Wildman–Crippen LogP) is 2.30. The monoisotopic (exact) mass is 379 g/mol. The molecule has 0 saturated carbocycles. The molecule has 1 heterocycles. The van der Waals surface area contributed by atoms with Crippen molar-refractivity contribution < 1.29 is 22.3 Å². The summed E-state index contributed by atoms with van der Waals surface area (Å²) in [6, 6.07) is 2.85. The lowest BCUT2D eigenvalue weighted by Crippen LogP contribution is -2.41. The Morgan fingerprint density at radius 1 is 1.52 bits per heavy atom. The van der Waals surface area contributed by atoms with Gasteiger partial charge in [-0.1, -0.05) is 15.9 Å². The van der Waals surface area contributed by atoms with Gasteiger partial charge in [-0.25, -0.2) is 12.8 Å². The van der Waals surface area contributed by atoms with Crippen molar-refractivity contribution in [3.05, 3.63) is 28.5 Å². The zero-order valence-electron chi connectivity index (χ0n) is 11.4. The average molecular weight is 380 g/mol. The Morgan fingerprint density at radius 3 is 2.86 bits per heavy atom. The van der Waals surface area contributed by atoms with Gasteiger partial charge in [-0.05, 0) is 38.0 Å². The molecular weight excluding hydrogens is 365 g/mol. The summed E-state index contributed by atoms with van der Waals surface area (Å²) in [6.45, 7) is 2.01. The number of benzene rings is 1. The summed E-state index contributed by atoms with van der Waals surface area (Å²) in [7, 11) is -4.06. The Kier molecular flexibility index (Phi) is 5.00. The van der Waals surface area contributed by atoms with Gasteiger partial charge >= 0.3 is 5.97 Å². The number of hydrogen-bond acceptors (Lipinski definition) is 4. The molecule has 1 aliphatic heterocycles. The third-order valence-electron chi connectivity index (χ3n) is 3.24. The highest BCUT2D eigenvalue weighted by atomic mass is 79.9. The zero-order valence-corrected chi connectivity index (χ0v) is 13.8. The Bertz CT molecular complexity index is 650. The maximum atomic E-state index is 13.9. The fraction of sp³-hybridized carbons (Fsp3) is 0.462. The van der Waals surface area contributed by atoms with E-state index in [0.29, 0.717) is 17.3 Å². The zero-order chi connectivity index (χ0) is 15.6. The maximum Gasteiger partial charge on any atom is 0.324 e. The van der Waals surface area contributed by atoms with Gasteiger partial charge in [-0.15, -0.1) is 0 Å². The molecule has 1 fully saturated rings. The Labute approximate surface area is 131 Å². The molecule has 2 rings (SSSR count). The second-order valence-electron chi connectivity index (χ2n) is 4.60. The summed E-state index contributed by atoms with van der Waals surface area (Å²) in [6.07, 6.45) is 0.928. The SMILES string of the molecule is CCOC(=O)C1CCCN1S(=O)(=O)c1ccc(Br)cc1F. The normalized spacial score (nSPS) is 19.7.